The number of aliphatic hydroxyl groups excluding tert-OH is 2. The fraction of sp³-hybridized carbons (Fsp3) is 0.706. The summed E-state index contributed by atoms with van der Waals surface area (Å²) in [6, 6.07) is -0.934. The van der Waals surface area contributed by atoms with Crippen molar-refractivity contribution < 1.29 is 42.4 Å². The highest BCUT2D eigenvalue weighted by molar-refractivity contribution is 5.77. The van der Waals surface area contributed by atoms with Crippen LogP contribution in [0.3, 0.4) is 0 Å². The second kappa shape index (κ2) is 12.1. The molecule has 1 aromatic heterocycles. The highest BCUT2D eigenvalue weighted by Gasteiger charge is 2.39. The highest BCUT2D eigenvalue weighted by atomic mass is 19.4. The lowest BCUT2D eigenvalue weighted by Crippen LogP contribution is -2.58. The number of anilines is 1. The number of carbonyl (C=O) groups excluding carboxylic acids is 1. The summed E-state index contributed by atoms with van der Waals surface area (Å²) in [7, 11) is 0. The van der Waals surface area contributed by atoms with E-state index in [0.717, 1.165) is 6.20 Å². The molecule has 176 valence electrons. The van der Waals surface area contributed by atoms with Gasteiger partial charge >= 0.3 is 6.18 Å². The monoisotopic (exact) mass is 453 g/mol. The van der Waals surface area contributed by atoms with Crippen molar-refractivity contribution in [2.75, 3.05) is 51.4 Å². The van der Waals surface area contributed by atoms with E-state index in [-0.39, 0.29) is 32.2 Å². The van der Waals surface area contributed by atoms with Crippen molar-refractivity contribution >= 4 is 11.7 Å². The van der Waals surface area contributed by atoms with E-state index < -0.39 is 42.1 Å². The molecular formula is C17H26F3N5O6. The molecule has 0 saturated carbocycles. The van der Waals surface area contributed by atoms with Gasteiger partial charge in [-0.2, -0.15) is 13.2 Å². The summed E-state index contributed by atoms with van der Waals surface area (Å²) in [5.41, 5.74) is 4.06. The van der Waals surface area contributed by atoms with Crippen LogP contribution in [0.5, 0.6) is 0 Å². The fourth-order valence-corrected chi connectivity index (χ4v) is 2.68. The quantitative estimate of drug-likeness (QED) is 0.250. The Morgan fingerprint density at radius 3 is 2.68 bits per heavy atom. The smallest absolute Gasteiger partial charge is 0.388 e. The summed E-state index contributed by atoms with van der Waals surface area (Å²) in [5, 5.41) is 25.6. The number of hydrogen-bond donors (Lipinski definition) is 5. The van der Waals surface area contributed by atoms with Crippen molar-refractivity contribution in [3.8, 4) is 0 Å². The van der Waals surface area contributed by atoms with Crippen LogP contribution in [0.1, 0.15) is 5.69 Å². The first-order valence-corrected chi connectivity index (χ1v) is 9.48. The standard InChI is InChI=1S/C17H26F3N5O6/c18-17(19,20)12-6-22-7-13(25-12)24-10-8-31-11(16(28)15(10)27)5-23-14(26)9-30-4-3-29-2-1-21/h6-7,10-11,15-16,27-28H,1-5,8-9,21H2,(H,23,26)(H,24,25)/t10-,11+,15+,16-/m0/s1. The average molecular weight is 453 g/mol. The third kappa shape index (κ3) is 8.16. The van der Waals surface area contributed by atoms with Crippen LogP contribution in [0.15, 0.2) is 12.4 Å². The Hall–Kier alpha value is -2.10. The van der Waals surface area contributed by atoms with E-state index in [2.05, 4.69) is 20.6 Å². The molecule has 14 heteroatoms. The Bertz CT molecular complexity index is 698. The average Bonchev–Trinajstić information content (AvgIpc) is 2.73. The van der Waals surface area contributed by atoms with Gasteiger partial charge in [0, 0.05) is 13.1 Å². The zero-order chi connectivity index (χ0) is 22.9. The number of halogens is 3. The summed E-state index contributed by atoms with van der Waals surface area (Å²) >= 11 is 0. The van der Waals surface area contributed by atoms with Crippen molar-refractivity contribution in [1.29, 1.82) is 0 Å². The lowest BCUT2D eigenvalue weighted by atomic mass is 9.98. The van der Waals surface area contributed by atoms with Gasteiger partial charge < -0.3 is 40.8 Å². The molecule has 1 aliphatic rings. The van der Waals surface area contributed by atoms with E-state index in [1.165, 1.54) is 0 Å². The molecule has 6 N–H and O–H groups in total. The van der Waals surface area contributed by atoms with Crippen LogP contribution in [0, 0.1) is 0 Å². The minimum absolute atomic E-state index is 0.0970. The number of alkyl halides is 3. The third-order valence-electron chi connectivity index (χ3n) is 4.26. The maximum absolute atomic E-state index is 12.7. The van der Waals surface area contributed by atoms with Crippen molar-refractivity contribution in [3.05, 3.63) is 18.1 Å². The van der Waals surface area contributed by atoms with Crippen LogP contribution in [0.4, 0.5) is 19.0 Å². The molecule has 2 rings (SSSR count). The number of ether oxygens (including phenoxy) is 3. The van der Waals surface area contributed by atoms with Crippen molar-refractivity contribution in [3.63, 3.8) is 0 Å². The molecular weight excluding hydrogens is 427 g/mol. The third-order valence-corrected chi connectivity index (χ3v) is 4.26. The molecule has 1 aromatic rings. The number of aliphatic hydroxyl groups is 2. The van der Waals surface area contributed by atoms with Crippen molar-refractivity contribution in [2.45, 2.75) is 30.5 Å². The van der Waals surface area contributed by atoms with Gasteiger partial charge in [0.05, 0.1) is 44.9 Å². The summed E-state index contributed by atoms with van der Waals surface area (Å²) in [6.07, 6.45) is -6.75. The number of aromatic nitrogens is 2. The van der Waals surface area contributed by atoms with Crippen LogP contribution in [-0.4, -0.2) is 96.6 Å². The molecule has 0 bridgehead atoms. The SMILES string of the molecule is NCCOCCOCC(=O)NC[C@H]1OC[C@H](Nc2cncc(C(F)(F)F)n2)[C@@H](O)[C@H]1O. The number of nitrogens with zero attached hydrogens (tertiary/aromatic N) is 2. The largest absolute Gasteiger partial charge is 0.434 e. The Kier molecular flexibility index (Phi) is 9.80. The first-order chi connectivity index (χ1) is 14.7. The maximum atomic E-state index is 12.7. The minimum Gasteiger partial charge on any atom is -0.388 e. The molecule has 4 atom stereocenters. The van der Waals surface area contributed by atoms with Gasteiger partial charge in [-0.05, 0) is 0 Å². The fourth-order valence-electron chi connectivity index (χ4n) is 2.68. The Balaban J connectivity index is 1.76. The number of nitrogens with two attached hydrogens (primary N) is 1. The van der Waals surface area contributed by atoms with Crippen LogP contribution in [0.25, 0.3) is 0 Å². The molecule has 1 amide bonds. The molecule has 0 spiro atoms. The molecule has 0 aromatic carbocycles. The van der Waals surface area contributed by atoms with Crippen LogP contribution < -0.4 is 16.4 Å². The van der Waals surface area contributed by atoms with Crippen molar-refractivity contribution in [1.82, 2.24) is 15.3 Å². The molecule has 0 unspecified atom stereocenters. The molecule has 1 fully saturated rings. The zero-order valence-corrected chi connectivity index (χ0v) is 16.5. The van der Waals surface area contributed by atoms with Gasteiger partial charge in [0.25, 0.3) is 0 Å². The highest BCUT2D eigenvalue weighted by Crippen LogP contribution is 2.28. The van der Waals surface area contributed by atoms with Gasteiger partial charge in [0.15, 0.2) is 5.69 Å². The number of rotatable bonds is 11. The summed E-state index contributed by atoms with van der Waals surface area (Å²) in [5.74, 6) is -0.683. The van der Waals surface area contributed by atoms with E-state index in [1.54, 1.807) is 0 Å². The number of carbonyl (C=O) groups is 1. The van der Waals surface area contributed by atoms with E-state index in [0.29, 0.717) is 26.0 Å². The molecule has 11 nitrogen and oxygen atoms in total. The minimum atomic E-state index is -4.67. The molecule has 1 saturated heterocycles. The summed E-state index contributed by atoms with van der Waals surface area (Å²) in [6.45, 7) is 0.818. The number of hydrogen-bond acceptors (Lipinski definition) is 10. The predicted molar refractivity (Wildman–Crippen MR) is 99.9 cm³/mol. The lowest BCUT2D eigenvalue weighted by Gasteiger charge is -2.38. The number of nitrogens with one attached hydrogen (secondary N) is 2. The van der Waals surface area contributed by atoms with E-state index in [9.17, 15) is 28.2 Å². The van der Waals surface area contributed by atoms with Crippen molar-refractivity contribution in [2.24, 2.45) is 5.73 Å². The summed E-state index contributed by atoms with van der Waals surface area (Å²) in [4.78, 5) is 18.6. The van der Waals surface area contributed by atoms with Gasteiger partial charge in [0.1, 0.15) is 30.7 Å². The van der Waals surface area contributed by atoms with Crippen LogP contribution in [-0.2, 0) is 25.2 Å². The second-order valence-corrected chi connectivity index (χ2v) is 6.65. The van der Waals surface area contributed by atoms with Crippen LogP contribution >= 0.6 is 0 Å². The Morgan fingerprint density at radius 2 is 1.97 bits per heavy atom. The van der Waals surface area contributed by atoms with E-state index in [4.69, 9.17) is 19.9 Å². The lowest BCUT2D eigenvalue weighted by molar-refractivity contribution is -0.144. The van der Waals surface area contributed by atoms with Gasteiger partial charge in [-0.1, -0.05) is 0 Å². The zero-order valence-electron chi connectivity index (χ0n) is 16.5. The molecule has 0 radical (unpaired) electrons. The van der Waals surface area contributed by atoms with Gasteiger partial charge in [-0.15, -0.1) is 0 Å². The first kappa shape index (κ1) is 25.2. The van der Waals surface area contributed by atoms with Gasteiger partial charge in [-0.25, -0.2) is 4.98 Å². The van der Waals surface area contributed by atoms with Gasteiger partial charge in [-0.3, -0.25) is 9.78 Å². The second-order valence-electron chi connectivity index (χ2n) is 6.65. The summed E-state index contributed by atoms with van der Waals surface area (Å²) < 4.78 is 53.8. The van der Waals surface area contributed by atoms with Crippen LogP contribution in [0.2, 0.25) is 0 Å². The molecule has 0 aliphatic carbocycles. The first-order valence-electron chi connectivity index (χ1n) is 9.48. The molecule has 2 heterocycles. The van der Waals surface area contributed by atoms with E-state index >= 15 is 0 Å². The molecule has 31 heavy (non-hydrogen) atoms. The number of amides is 1. The maximum Gasteiger partial charge on any atom is 0.434 e. The van der Waals surface area contributed by atoms with E-state index in [1.807, 2.05) is 0 Å². The topological polar surface area (TPSA) is 161 Å². The normalized spacial score (nSPS) is 24.1. The van der Waals surface area contributed by atoms with Gasteiger partial charge in [0.2, 0.25) is 5.91 Å². The Morgan fingerprint density at radius 1 is 1.23 bits per heavy atom. The predicted octanol–water partition coefficient (Wildman–Crippen LogP) is -1.50. The molecule has 1 aliphatic heterocycles. The Labute approximate surface area is 176 Å².